The molecule has 0 unspecified atom stereocenters. The molecule has 6 rings (SSSR count). The number of amides is 4. The van der Waals surface area contributed by atoms with Crippen LogP contribution in [-0.2, 0) is 36.1 Å². The van der Waals surface area contributed by atoms with Gasteiger partial charge in [0, 0.05) is 44.7 Å². The van der Waals surface area contributed by atoms with E-state index < -0.39 is 18.2 Å². The number of rotatable bonds is 8. The van der Waals surface area contributed by atoms with Crippen molar-refractivity contribution in [1.29, 1.82) is 5.26 Å². The van der Waals surface area contributed by atoms with Gasteiger partial charge in [-0.15, -0.1) is 6.58 Å². The molecule has 3 heterocycles. The van der Waals surface area contributed by atoms with E-state index in [1.54, 1.807) is 56.4 Å². The number of nitrogens with one attached hydrogen (secondary N) is 1. The number of aromatic hydroxyl groups is 1. The van der Waals surface area contributed by atoms with Crippen LogP contribution in [0.15, 0.2) is 91.6 Å². The molecule has 46 heavy (non-hydrogen) atoms. The van der Waals surface area contributed by atoms with Crippen molar-refractivity contribution in [3.8, 4) is 11.8 Å². The number of carbonyl (C=O) groups is 3. The SMILES string of the molecule is C=CCN1CC(=O)N2[C@@H](Cc3ccc(O)cc3)C(=O)N(Cc3cccc4c(C#N)cn(C)c34)C[C@@H]2N1C(=O)NCc1ccccc1. The number of fused-ring (bicyclic) bond motifs is 2. The Balaban J connectivity index is 1.39. The monoisotopic (exact) mass is 617 g/mol. The maximum atomic E-state index is 14.4. The fraction of sp³-hybridized carbons (Fsp3) is 0.257. The van der Waals surface area contributed by atoms with Gasteiger partial charge in [0.2, 0.25) is 11.8 Å². The standard InChI is InChI=1S/C35H35N7O4/c1-3-16-40-23-32(44)41-30(17-24-12-14-28(43)15-13-24)34(45)39(21-26-10-7-11-29-27(18-36)20-38(2)33(26)29)22-31(41)42(40)35(46)37-19-25-8-5-4-6-9-25/h3-15,20,30-31,43H,1,16-17,19,21-23H2,2H3,(H,37,46)/t30-,31-/m0/s1. The fourth-order valence-electron chi connectivity index (χ4n) is 6.53. The molecule has 2 aliphatic rings. The maximum Gasteiger partial charge on any atom is 0.334 e. The Morgan fingerprint density at radius 3 is 2.54 bits per heavy atom. The van der Waals surface area contributed by atoms with Crippen molar-refractivity contribution in [2.24, 2.45) is 7.05 Å². The molecule has 4 amide bonds. The molecule has 2 saturated heterocycles. The number of para-hydroxylation sites is 1. The van der Waals surface area contributed by atoms with Crippen LogP contribution in [0, 0.1) is 11.3 Å². The molecule has 2 aliphatic heterocycles. The van der Waals surface area contributed by atoms with Crippen LogP contribution < -0.4 is 5.32 Å². The summed E-state index contributed by atoms with van der Waals surface area (Å²) in [4.78, 5) is 45.4. The quantitative estimate of drug-likeness (QED) is 0.292. The van der Waals surface area contributed by atoms with Crippen molar-refractivity contribution in [3.63, 3.8) is 0 Å². The molecule has 2 N–H and O–H groups in total. The number of piperazine rings is 1. The molecule has 2 fully saturated rings. The van der Waals surface area contributed by atoms with Gasteiger partial charge < -0.3 is 24.8 Å². The zero-order valence-corrected chi connectivity index (χ0v) is 25.5. The van der Waals surface area contributed by atoms with Crippen LogP contribution in [0.25, 0.3) is 10.9 Å². The number of nitriles is 1. The molecule has 2 atom stereocenters. The Bertz CT molecular complexity index is 1830. The van der Waals surface area contributed by atoms with E-state index in [1.807, 2.05) is 60.1 Å². The van der Waals surface area contributed by atoms with Gasteiger partial charge in [0.25, 0.3) is 0 Å². The lowest BCUT2D eigenvalue weighted by molar-refractivity contribution is -0.189. The van der Waals surface area contributed by atoms with Gasteiger partial charge in [-0.1, -0.05) is 66.7 Å². The first-order chi connectivity index (χ1) is 22.3. The summed E-state index contributed by atoms with van der Waals surface area (Å²) in [7, 11) is 1.87. The number of benzene rings is 3. The van der Waals surface area contributed by atoms with Gasteiger partial charge in [-0.3, -0.25) is 9.59 Å². The topological polar surface area (TPSA) is 125 Å². The van der Waals surface area contributed by atoms with E-state index in [0.717, 1.165) is 27.6 Å². The number of hydrogen-bond acceptors (Lipinski definition) is 6. The van der Waals surface area contributed by atoms with E-state index in [1.165, 1.54) is 0 Å². The Hall–Kier alpha value is -5.60. The molecular weight excluding hydrogens is 582 g/mol. The van der Waals surface area contributed by atoms with Gasteiger partial charge in [-0.25, -0.2) is 14.8 Å². The lowest BCUT2D eigenvalue weighted by atomic mass is 9.98. The van der Waals surface area contributed by atoms with Gasteiger partial charge in [0.1, 0.15) is 24.0 Å². The molecule has 0 spiro atoms. The summed E-state index contributed by atoms with van der Waals surface area (Å²) in [5.74, 6) is -0.411. The summed E-state index contributed by atoms with van der Waals surface area (Å²) in [5, 5.41) is 26.5. The summed E-state index contributed by atoms with van der Waals surface area (Å²) in [6.45, 7) is 4.58. The first kappa shape index (κ1) is 30.4. The second kappa shape index (κ2) is 12.8. The highest BCUT2D eigenvalue weighted by Gasteiger charge is 2.51. The average Bonchev–Trinajstić information content (AvgIpc) is 3.39. The van der Waals surface area contributed by atoms with Crippen molar-refractivity contribution < 1.29 is 19.5 Å². The molecule has 0 radical (unpaired) electrons. The first-order valence-corrected chi connectivity index (χ1v) is 15.1. The molecule has 11 nitrogen and oxygen atoms in total. The zero-order valence-electron chi connectivity index (χ0n) is 25.5. The molecular formula is C35H35N7O4. The first-order valence-electron chi connectivity index (χ1n) is 15.1. The zero-order chi connectivity index (χ0) is 32.4. The van der Waals surface area contributed by atoms with Crippen LogP contribution >= 0.6 is 0 Å². The Morgan fingerprint density at radius 1 is 1.07 bits per heavy atom. The van der Waals surface area contributed by atoms with Gasteiger partial charge in [-0.05, 0) is 28.8 Å². The van der Waals surface area contributed by atoms with E-state index >= 15 is 0 Å². The second-order valence-electron chi connectivity index (χ2n) is 11.6. The highest BCUT2D eigenvalue weighted by atomic mass is 16.3. The van der Waals surface area contributed by atoms with Crippen LogP contribution in [0.1, 0.15) is 22.3 Å². The summed E-state index contributed by atoms with van der Waals surface area (Å²) in [6, 6.07) is 22.7. The highest BCUT2D eigenvalue weighted by Crippen LogP contribution is 2.31. The Morgan fingerprint density at radius 2 is 1.83 bits per heavy atom. The number of aromatic nitrogens is 1. The third-order valence-electron chi connectivity index (χ3n) is 8.60. The van der Waals surface area contributed by atoms with Crippen molar-refractivity contribution in [2.45, 2.75) is 31.7 Å². The van der Waals surface area contributed by atoms with Crippen LogP contribution in [0.3, 0.4) is 0 Å². The summed E-state index contributed by atoms with van der Waals surface area (Å²) in [6.07, 6.45) is 2.82. The van der Waals surface area contributed by atoms with Crippen molar-refractivity contribution in [2.75, 3.05) is 19.6 Å². The minimum atomic E-state index is -0.895. The van der Waals surface area contributed by atoms with Crippen LogP contribution in [0.4, 0.5) is 4.79 Å². The highest BCUT2D eigenvalue weighted by molar-refractivity contribution is 5.93. The number of nitrogens with zero attached hydrogens (tertiary/aromatic N) is 6. The molecule has 0 saturated carbocycles. The molecule has 0 aliphatic carbocycles. The van der Waals surface area contributed by atoms with Gasteiger partial charge >= 0.3 is 6.03 Å². The van der Waals surface area contributed by atoms with E-state index in [0.29, 0.717) is 5.56 Å². The normalized spacial score (nSPS) is 18.4. The third kappa shape index (κ3) is 5.78. The molecule has 4 aromatic rings. The molecule has 0 bridgehead atoms. The number of aryl methyl sites for hydroxylation is 1. The van der Waals surface area contributed by atoms with Crippen LogP contribution in [0.2, 0.25) is 0 Å². The third-order valence-corrected chi connectivity index (χ3v) is 8.60. The minimum Gasteiger partial charge on any atom is -0.508 e. The smallest absolute Gasteiger partial charge is 0.334 e. The predicted octanol–water partition coefficient (Wildman–Crippen LogP) is 3.49. The van der Waals surface area contributed by atoms with Crippen molar-refractivity contribution in [1.82, 2.24) is 29.7 Å². The number of hydrazine groups is 1. The van der Waals surface area contributed by atoms with Crippen molar-refractivity contribution >= 4 is 28.7 Å². The number of carbonyl (C=O) groups excluding carboxylic acids is 3. The lowest BCUT2D eigenvalue weighted by Gasteiger charge is -2.55. The number of phenolic OH excluding ortho intramolecular Hbond substituents is 1. The maximum absolute atomic E-state index is 14.4. The predicted molar refractivity (Wildman–Crippen MR) is 172 cm³/mol. The van der Waals surface area contributed by atoms with Gasteiger partial charge in [0.15, 0.2) is 0 Å². The van der Waals surface area contributed by atoms with E-state index in [2.05, 4.69) is 18.0 Å². The van der Waals surface area contributed by atoms with Gasteiger partial charge in [0.05, 0.1) is 24.2 Å². The Labute approximate surface area is 267 Å². The summed E-state index contributed by atoms with van der Waals surface area (Å²) >= 11 is 0. The number of phenols is 1. The minimum absolute atomic E-state index is 0.0783. The molecule has 11 heteroatoms. The molecule has 1 aromatic heterocycles. The molecule has 3 aromatic carbocycles. The second-order valence-corrected chi connectivity index (χ2v) is 11.6. The lowest BCUT2D eigenvalue weighted by Crippen LogP contribution is -2.76. The van der Waals surface area contributed by atoms with Crippen molar-refractivity contribution in [3.05, 3.63) is 114 Å². The summed E-state index contributed by atoms with van der Waals surface area (Å²) in [5.41, 5.74) is 3.92. The Kier molecular flexibility index (Phi) is 8.46. The number of urea groups is 1. The largest absolute Gasteiger partial charge is 0.508 e. The van der Waals surface area contributed by atoms with E-state index in [4.69, 9.17) is 0 Å². The van der Waals surface area contributed by atoms with E-state index in [-0.39, 0.29) is 56.7 Å². The average molecular weight is 618 g/mol. The summed E-state index contributed by atoms with van der Waals surface area (Å²) < 4.78 is 1.89. The number of hydrogen-bond donors (Lipinski definition) is 2. The van der Waals surface area contributed by atoms with Crippen LogP contribution in [-0.4, -0.2) is 79.2 Å². The van der Waals surface area contributed by atoms with E-state index in [9.17, 15) is 24.8 Å². The fourth-order valence-corrected chi connectivity index (χ4v) is 6.53. The van der Waals surface area contributed by atoms with Crippen LogP contribution in [0.5, 0.6) is 5.75 Å². The molecule has 234 valence electrons. The van der Waals surface area contributed by atoms with Gasteiger partial charge in [-0.2, -0.15) is 5.26 Å².